The average molecular weight is 263 g/mol. The maximum Gasteiger partial charge on any atom is 0.226 e. The van der Waals surface area contributed by atoms with Crippen LogP contribution < -0.4 is 4.90 Å². The van der Waals surface area contributed by atoms with Gasteiger partial charge in [-0.1, -0.05) is 0 Å². The van der Waals surface area contributed by atoms with E-state index in [0.29, 0.717) is 24.7 Å². The van der Waals surface area contributed by atoms with Gasteiger partial charge < -0.3 is 9.88 Å². The number of imidazole rings is 1. The van der Waals surface area contributed by atoms with Crippen LogP contribution in [-0.2, 0) is 0 Å². The number of hydrogen-bond donors (Lipinski definition) is 1. The van der Waals surface area contributed by atoms with E-state index in [1.165, 1.54) is 0 Å². The first kappa shape index (κ1) is 11.2. The lowest BCUT2D eigenvalue weighted by molar-refractivity contribution is 0.779. The number of nitrogens with zero attached hydrogens (tertiary/aromatic N) is 5. The van der Waals surface area contributed by atoms with Crippen LogP contribution in [0.25, 0.3) is 11.2 Å². The number of fused-ring (bicyclic) bond motifs is 1. The van der Waals surface area contributed by atoms with E-state index < -0.39 is 0 Å². The maximum absolute atomic E-state index is 8.74. The first-order valence-corrected chi connectivity index (χ1v) is 6.17. The summed E-state index contributed by atoms with van der Waals surface area (Å²) < 4.78 is 0. The molecule has 0 radical (unpaired) electrons. The smallest absolute Gasteiger partial charge is 0.226 e. The molecule has 18 heavy (non-hydrogen) atoms. The zero-order valence-corrected chi connectivity index (χ0v) is 10.4. The van der Waals surface area contributed by atoms with Crippen molar-refractivity contribution in [2.75, 3.05) is 11.4 Å². The topological polar surface area (TPSA) is 81.5 Å². The van der Waals surface area contributed by atoms with Crippen molar-refractivity contribution in [1.29, 1.82) is 5.26 Å². The molecule has 1 N–H and O–H groups in total. The Balaban J connectivity index is 2.04. The summed E-state index contributed by atoms with van der Waals surface area (Å²) in [5, 5.41) is 8.92. The molecule has 2 aromatic rings. The maximum atomic E-state index is 8.74. The first-order chi connectivity index (χ1) is 8.79. The van der Waals surface area contributed by atoms with Crippen molar-refractivity contribution in [1.82, 2.24) is 19.9 Å². The number of aromatic amines is 1. The van der Waals surface area contributed by atoms with Crippen molar-refractivity contribution in [3.63, 3.8) is 0 Å². The molecule has 6 nitrogen and oxygen atoms in total. The second-order valence-corrected chi connectivity index (χ2v) is 4.59. The third kappa shape index (κ3) is 1.97. The van der Waals surface area contributed by atoms with Gasteiger partial charge in [-0.15, -0.1) is 0 Å². The molecule has 2 aromatic heterocycles. The van der Waals surface area contributed by atoms with E-state index in [0.717, 1.165) is 24.2 Å². The quantitative estimate of drug-likeness (QED) is 0.851. The van der Waals surface area contributed by atoms with Crippen molar-refractivity contribution < 1.29 is 0 Å². The predicted molar refractivity (Wildman–Crippen MR) is 67.3 cm³/mol. The molecule has 1 fully saturated rings. The standard InChI is InChI=1S/C11H11ClN6/c12-11-16-9-8(14-6-15-9)10(17-11)18(5-1-4-13)7-2-3-7/h6-7H,1-3,5H2,(H,14,15,16,17). The molecular weight excluding hydrogens is 252 g/mol. The van der Waals surface area contributed by atoms with Gasteiger partial charge >= 0.3 is 0 Å². The highest BCUT2D eigenvalue weighted by Gasteiger charge is 2.31. The fourth-order valence-electron chi connectivity index (χ4n) is 2.02. The fourth-order valence-corrected chi connectivity index (χ4v) is 2.18. The van der Waals surface area contributed by atoms with Gasteiger partial charge in [0.05, 0.1) is 18.8 Å². The Morgan fingerprint density at radius 3 is 3.06 bits per heavy atom. The van der Waals surface area contributed by atoms with E-state index in [-0.39, 0.29) is 5.28 Å². The van der Waals surface area contributed by atoms with E-state index in [1.54, 1.807) is 6.33 Å². The zero-order chi connectivity index (χ0) is 12.5. The predicted octanol–water partition coefficient (Wildman–Crippen LogP) is 1.89. The Kier molecular flexibility index (Phi) is 2.76. The number of nitrogens with one attached hydrogen (secondary N) is 1. The molecule has 2 heterocycles. The number of hydrogen-bond acceptors (Lipinski definition) is 5. The van der Waals surface area contributed by atoms with Crippen LogP contribution in [0.2, 0.25) is 5.28 Å². The molecule has 0 unspecified atom stereocenters. The van der Waals surface area contributed by atoms with Crippen LogP contribution in [0.4, 0.5) is 5.82 Å². The highest BCUT2D eigenvalue weighted by Crippen LogP contribution is 2.33. The van der Waals surface area contributed by atoms with Gasteiger partial charge in [-0.3, -0.25) is 0 Å². The lowest BCUT2D eigenvalue weighted by atomic mass is 10.3. The van der Waals surface area contributed by atoms with Crippen molar-refractivity contribution >= 4 is 28.6 Å². The molecule has 0 bridgehead atoms. The second kappa shape index (κ2) is 4.42. The van der Waals surface area contributed by atoms with Crippen LogP contribution in [0.3, 0.4) is 0 Å². The summed E-state index contributed by atoms with van der Waals surface area (Å²) in [6, 6.07) is 2.62. The molecule has 92 valence electrons. The zero-order valence-electron chi connectivity index (χ0n) is 9.60. The highest BCUT2D eigenvalue weighted by molar-refractivity contribution is 6.28. The van der Waals surface area contributed by atoms with Gasteiger partial charge in [0.1, 0.15) is 5.52 Å². The summed E-state index contributed by atoms with van der Waals surface area (Å²) in [7, 11) is 0. The summed E-state index contributed by atoms with van der Waals surface area (Å²) >= 11 is 5.92. The number of anilines is 1. The van der Waals surface area contributed by atoms with Crippen LogP contribution in [0.1, 0.15) is 19.3 Å². The number of halogens is 1. The molecular formula is C11H11ClN6. The number of H-pyrrole nitrogens is 1. The van der Waals surface area contributed by atoms with E-state index in [1.807, 2.05) is 0 Å². The van der Waals surface area contributed by atoms with Gasteiger partial charge in [0.2, 0.25) is 5.28 Å². The Hall–Kier alpha value is -1.87. The summed E-state index contributed by atoms with van der Waals surface area (Å²) in [6.07, 6.45) is 4.30. The van der Waals surface area contributed by atoms with Crippen molar-refractivity contribution in [2.45, 2.75) is 25.3 Å². The van der Waals surface area contributed by atoms with E-state index >= 15 is 0 Å². The summed E-state index contributed by atoms with van der Waals surface area (Å²) in [6.45, 7) is 0.655. The van der Waals surface area contributed by atoms with Gasteiger partial charge in [0, 0.05) is 12.6 Å². The number of nitriles is 1. The van der Waals surface area contributed by atoms with Crippen LogP contribution >= 0.6 is 11.6 Å². The molecule has 0 atom stereocenters. The van der Waals surface area contributed by atoms with E-state index in [4.69, 9.17) is 16.9 Å². The van der Waals surface area contributed by atoms with Crippen molar-refractivity contribution in [3.05, 3.63) is 11.6 Å². The molecule has 3 rings (SSSR count). The van der Waals surface area contributed by atoms with Crippen LogP contribution in [0.5, 0.6) is 0 Å². The molecule has 0 spiro atoms. The van der Waals surface area contributed by atoms with Gasteiger partial charge in [-0.2, -0.15) is 15.2 Å². The first-order valence-electron chi connectivity index (χ1n) is 5.80. The van der Waals surface area contributed by atoms with Crippen LogP contribution in [0, 0.1) is 11.3 Å². The Labute approximate surface area is 109 Å². The largest absolute Gasteiger partial charge is 0.351 e. The minimum absolute atomic E-state index is 0.187. The molecule has 7 heteroatoms. The summed E-state index contributed by atoms with van der Waals surface area (Å²) in [4.78, 5) is 17.6. The summed E-state index contributed by atoms with van der Waals surface area (Å²) in [5.41, 5.74) is 1.34. The van der Waals surface area contributed by atoms with Gasteiger partial charge in [0.15, 0.2) is 11.5 Å². The number of rotatable bonds is 4. The van der Waals surface area contributed by atoms with Gasteiger partial charge in [0.25, 0.3) is 0 Å². The molecule has 0 aliphatic heterocycles. The fraction of sp³-hybridized carbons (Fsp3) is 0.455. The normalized spacial score (nSPS) is 14.7. The molecule has 0 amide bonds. The molecule has 1 aliphatic carbocycles. The van der Waals surface area contributed by atoms with E-state index in [9.17, 15) is 0 Å². The van der Waals surface area contributed by atoms with Crippen LogP contribution in [-0.4, -0.2) is 32.5 Å². The lowest BCUT2D eigenvalue weighted by Crippen LogP contribution is -2.28. The third-order valence-electron chi connectivity index (χ3n) is 2.96. The Bertz CT molecular complexity index is 612. The summed E-state index contributed by atoms with van der Waals surface area (Å²) in [5.74, 6) is 0.750. The van der Waals surface area contributed by atoms with Crippen LogP contribution in [0.15, 0.2) is 6.33 Å². The molecule has 1 saturated carbocycles. The lowest BCUT2D eigenvalue weighted by Gasteiger charge is -2.22. The van der Waals surface area contributed by atoms with E-state index in [2.05, 4.69) is 30.9 Å². The van der Waals surface area contributed by atoms with Gasteiger partial charge in [-0.25, -0.2) is 4.98 Å². The SMILES string of the molecule is N#CCCN(c1nc(Cl)nc2nc[nH]c12)C1CC1. The third-order valence-corrected chi connectivity index (χ3v) is 3.13. The molecule has 0 saturated heterocycles. The average Bonchev–Trinajstić information content (AvgIpc) is 3.08. The van der Waals surface area contributed by atoms with Crippen molar-refractivity contribution in [3.8, 4) is 6.07 Å². The highest BCUT2D eigenvalue weighted by atomic mass is 35.5. The van der Waals surface area contributed by atoms with Crippen molar-refractivity contribution in [2.24, 2.45) is 0 Å². The monoisotopic (exact) mass is 262 g/mol. The number of aromatic nitrogens is 4. The molecule has 1 aliphatic rings. The minimum atomic E-state index is 0.187. The Morgan fingerprint density at radius 2 is 2.33 bits per heavy atom. The molecule has 0 aromatic carbocycles. The Morgan fingerprint density at radius 1 is 1.50 bits per heavy atom. The minimum Gasteiger partial charge on any atom is -0.351 e. The van der Waals surface area contributed by atoms with Gasteiger partial charge in [-0.05, 0) is 24.4 Å². The second-order valence-electron chi connectivity index (χ2n) is 4.25.